The van der Waals surface area contributed by atoms with Gasteiger partial charge >= 0.3 is 0 Å². The van der Waals surface area contributed by atoms with E-state index in [0.717, 1.165) is 24.3 Å². The molecule has 2 aliphatic carbocycles. The van der Waals surface area contributed by atoms with Gasteiger partial charge in [0.1, 0.15) is 11.4 Å². The molecule has 29 heavy (non-hydrogen) atoms. The number of allylic oxidation sites excluding steroid dienone is 2. The Morgan fingerprint density at radius 2 is 1.69 bits per heavy atom. The van der Waals surface area contributed by atoms with Crippen molar-refractivity contribution in [2.24, 2.45) is 5.92 Å². The highest BCUT2D eigenvalue weighted by Gasteiger charge is 2.64. The summed E-state index contributed by atoms with van der Waals surface area (Å²) in [6.45, 7) is 4.43. The minimum atomic E-state index is -0.299. The van der Waals surface area contributed by atoms with Crippen molar-refractivity contribution in [1.82, 2.24) is 0 Å². The van der Waals surface area contributed by atoms with Gasteiger partial charge in [-0.2, -0.15) is 0 Å². The third-order valence-corrected chi connectivity index (χ3v) is 6.79. The summed E-state index contributed by atoms with van der Waals surface area (Å²) in [5.74, 6) is 1.32. The largest absolute Gasteiger partial charge is 0.496 e. The van der Waals surface area contributed by atoms with E-state index in [1.807, 2.05) is 7.11 Å². The molecule has 2 aromatic rings. The van der Waals surface area contributed by atoms with E-state index >= 15 is 0 Å². The first-order valence-corrected chi connectivity index (χ1v) is 10.7. The lowest BCUT2D eigenvalue weighted by atomic mass is 9.71. The smallest absolute Gasteiger partial charge is 0.130 e. The van der Waals surface area contributed by atoms with Crippen LogP contribution in [-0.4, -0.2) is 12.7 Å². The van der Waals surface area contributed by atoms with Crippen LogP contribution in [0.15, 0.2) is 83.1 Å². The molecule has 1 aliphatic heterocycles. The molecule has 2 aromatic carbocycles. The van der Waals surface area contributed by atoms with Gasteiger partial charge in [-0.1, -0.05) is 54.1 Å². The Morgan fingerprint density at radius 1 is 1.00 bits per heavy atom. The molecule has 0 N–H and O–H groups in total. The average Bonchev–Trinajstić information content (AvgIpc) is 3.23. The maximum atomic E-state index is 7.00. The number of hydrogen-bond donors (Lipinski definition) is 0. The lowest BCUT2D eigenvalue weighted by Gasteiger charge is -2.34. The zero-order valence-electron chi connectivity index (χ0n) is 17.5. The fraction of sp³-hybridized carbons (Fsp3) is 0.385. The Morgan fingerprint density at radius 3 is 2.34 bits per heavy atom. The molecule has 150 valence electrons. The second kappa shape index (κ2) is 7.07. The van der Waals surface area contributed by atoms with E-state index in [1.54, 1.807) is 0 Å². The number of hydroxylamine groups is 1. The van der Waals surface area contributed by atoms with Gasteiger partial charge in [0.2, 0.25) is 0 Å². The number of nitrogens with zero attached hydrogens (tertiary/aromatic N) is 1. The molecule has 0 unspecified atom stereocenters. The molecule has 0 aromatic heterocycles. The minimum absolute atomic E-state index is 0.115. The second-order valence-electron chi connectivity index (χ2n) is 8.61. The number of para-hydroxylation sites is 1. The molecule has 3 nitrogen and oxygen atoms in total. The zero-order valence-corrected chi connectivity index (χ0v) is 17.5. The summed E-state index contributed by atoms with van der Waals surface area (Å²) < 4.78 is 6.03. The molecule has 2 fully saturated rings. The average molecular weight is 388 g/mol. The van der Waals surface area contributed by atoms with Crippen molar-refractivity contribution in [3.8, 4) is 0 Å². The first kappa shape index (κ1) is 18.5. The van der Waals surface area contributed by atoms with Crippen molar-refractivity contribution >= 4 is 5.69 Å². The number of ether oxygens (including phenoxy) is 1. The van der Waals surface area contributed by atoms with Crippen LogP contribution in [-0.2, 0) is 9.57 Å². The van der Waals surface area contributed by atoms with E-state index in [4.69, 9.17) is 9.57 Å². The Balaban J connectivity index is 1.75. The summed E-state index contributed by atoms with van der Waals surface area (Å²) in [5.41, 5.74) is 6.14. The summed E-state index contributed by atoms with van der Waals surface area (Å²) in [6.07, 6.45) is 4.50. The Labute approximate surface area is 173 Å². The Hall–Kier alpha value is -2.52. The fourth-order valence-corrected chi connectivity index (χ4v) is 5.71. The summed E-state index contributed by atoms with van der Waals surface area (Å²) in [5, 5.41) is 2.18. The highest BCUT2D eigenvalue weighted by atomic mass is 16.7. The first-order valence-electron chi connectivity index (χ1n) is 10.7. The lowest BCUT2D eigenvalue weighted by molar-refractivity contribution is -0.0128. The van der Waals surface area contributed by atoms with Crippen LogP contribution < -0.4 is 5.06 Å². The van der Waals surface area contributed by atoms with Crippen LogP contribution >= 0.6 is 0 Å². The van der Waals surface area contributed by atoms with Gasteiger partial charge in [-0.3, -0.25) is 4.84 Å². The van der Waals surface area contributed by atoms with Crippen molar-refractivity contribution < 1.29 is 9.57 Å². The number of hydrogen-bond acceptors (Lipinski definition) is 3. The third kappa shape index (κ3) is 2.67. The van der Waals surface area contributed by atoms with Crippen molar-refractivity contribution in [1.29, 1.82) is 0 Å². The van der Waals surface area contributed by atoms with Gasteiger partial charge in [-0.15, -0.1) is 0 Å². The molecule has 3 atom stereocenters. The van der Waals surface area contributed by atoms with E-state index in [2.05, 4.69) is 79.6 Å². The molecule has 1 saturated carbocycles. The maximum Gasteiger partial charge on any atom is 0.130 e. The van der Waals surface area contributed by atoms with Crippen LogP contribution in [0, 0.1) is 5.92 Å². The molecule has 0 amide bonds. The number of anilines is 1. The predicted octanol–water partition coefficient (Wildman–Crippen LogP) is 6.36. The number of rotatable bonds is 3. The Kier molecular flexibility index (Phi) is 4.51. The zero-order chi connectivity index (χ0) is 20.0. The summed E-state index contributed by atoms with van der Waals surface area (Å²) in [4.78, 5) is 7.00. The minimum Gasteiger partial charge on any atom is -0.496 e. The molecule has 1 spiro atoms. The first-order chi connectivity index (χ1) is 14.2. The van der Waals surface area contributed by atoms with Crippen molar-refractivity contribution in [3.05, 3.63) is 88.7 Å². The van der Waals surface area contributed by atoms with Crippen LogP contribution in [0.5, 0.6) is 0 Å². The SMILES string of the molecule is COC1=C2CCCC[C@@]23ON(c2ccccc2)[C@H](c2ccccc2)[C@H]3C1=C(C)C. The van der Waals surface area contributed by atoms with Gasteiger partial charge in [0.25, 0.3) is 0 Å². The van der Waals surface area contributed by atoms with Crippen LogP contribution in [0.2, 0.25) is 0 Å². The van der Waals surface area contributed by atoms with E-state index < -0.39 is 0 Å². The molecule has 1 saturated heterocycles. The van der Waals surface area contributed by atoms with Gasteiger partial charge in [0.15, 0.2) is 0 Å². The van der Waals surface area contributed by atoms with Gasteiger partial charge in [0.05, 0.1) is 24.8 Å². The van der Waals surface area contributed by atoms with Crippen molar-refractivity contribution in [3.63, 3.8) is 0 Å². The van der Waals surface area contributed by atoms with Crippen molar-refractivity contribution in [2.45, 2.75) is 51.2 Å². The van der Waals surface area contributed by atoms with Crippen LogP contribution in [0.25, 0.3) is 0 Å². The maximum absolute atomic E-state index is 7.00. The number of benzene rings is 2. The fourth-order valence-electron chi connectivity index (χ4n) is 5.71. The molecule has 3 heteroatoms. The monoisotopic (exact) mass is 387 g/mol. The molecule has 0 radical (unpaired) electrons. The van der Waals surface area contributed by atoms with E-state index in [-0.39, 0.29) is 17.6 Å². The normalized spacial score (nSPS) is 28.4. The topological polar surface area (TPSA) is 21.7 Å². The van der Waals surface area contributed by atoms with Gasteiger partial charge in [-0.25, -0.2) is 5.06 Å². The van der Waals surface area contributed by atoms with E-state index in [0.29, 0.717) is 0 Å². The van der Waals surface area contributed by atoms with E-state index in [1.165, 1.54) is 35.1 Å². The van der Waals surface area contributed by atoms with E-state index in [9.17, 15) is 0 Å². The quantitative estimate of drug-likeness (QED) is 0.612. The molecule has 1 heterocycles. The molecular weight excluding hydrogens is 358 g/mol. The van der Waals surface area contributed by atoms with Crippen LogP contribution in [0.3, 0.4) is 0 Å². The summed E-state index contributed by atoms with van der Waals surface area (Å²) in [6, 6.07) is 21.5. The summed E-state index contributed by atoms with van der Waals surface area (Å²) in [7, 11) is 1.82. The second-order valence-corrected chi connectivity index (χ2v) is 8.61. The summed E-state index contributed by atoms with van der Waals surface area (Å²) >= 11 is 0. The third-order valence-electron chi connectivity index (χ3n) is 6.79. The van der Waals surface area contributed by atoms with Crippen molar-refractivity contribution in [2.75, 3.05) is 12.2 Å². The lowest BCUT2D eigenvalue weighted by Crippen LogP contribution is -2.38. The Bertz CT molecular complexity index is 959. The van der Waals surface area contributed by atoms with Crippen LogP contribution in [0.4, 0.5) is 5.69 Å². The molecule has 5 rings (SSSR count). The van der Waals surface area contributed by atoms with Gasteiger partial charge < -0.3 is 4.74 Å². The number of methoxy groups -OCH3 is 1. The molecule has 3 aliphatic rings. The van der Waals surface area contributed by atoms with Gasteiger partial charge in [0, 0.05) is 11.1 Å². The highest BCUT2D eigenvalue weighted by Crippen LogP contribution is 2.64. The highest BCUT2D eigenvalue weighted by molar-refractivity contribution is 5.58. The van der Waals surface area contributed by atoms with Crippen LogP contribution in [0.1, 0.15) is 51.1 Å². The standard InChI is InChI=1S/C26H29NO2/c1-18(2)22-23-24(19-12-6-4-7-13-19)27(20-14-8-5-9-15-20)29-26(23)17-11-10-16-21(26)25(22)28-3/h4-9,12-15,23-24H,10-11,16-17H2,1-3H3/t23-,24-,26-/m1/s1. The predicted molar refractivity (Wildman–Crippen MR) is 116 cm³/mol. The molecule has 0 bridgehead atoms. The molecular formula is C26H29NO2. The van der Waals surface area contributed by atoms with Gasteiger partial charge in [-0.05, 0) is 57.2 Å².